The fourth-order valence-corrected chi connectivity index (χ4v) is 4.04. The van der Waals surface area contributed by atoms with Gasteiger partial charge in [-0.05, 0) is 46.6 Å². The summed E-state index contributed by atoms with van der Waals surface area (Å²) in [5.41, 5.74) is 3.43. The Morgan fingerprint density at radius 1 is 1.29 bits per heavy atom. The van der Waals surface area contributed by atoms with Crippen molar-refractivity contribution in [2.24, 2.45) is 0 Å². The molecule has 3 nitrogen and oxygen atoms in total. The number of H-pyrrole nitrogens is 1. The summed E-state index contributed by atoms with van der Waals surface area (Å²) in [5.74, 6) is 1.03. The summed E-state index contributed by atoms with van der Waals surface area (Å²) in [5, 5.41) is 0. The van der Waals surface area contributed by atoms with E-state index in [1.54, 1.807) is 0 Å². The van der Waals surface area contributed by atoms with Crippen LogP contribution in [0.1, 0.15) is 55.8 Å². The van der Waals surface area contributed by atoms with Crippen LogP contribution >= 0.6 is 22.6 Å². The van der Waals surface area contributed by atoms with Crippen LogP contribution in [0.3, 0.4) is 0 Å². The van der Waals surface area contributed by atoms with Gasteiger partial charge in [-0.3, -0.25) is 4.79 Å². The molecule has 1 aromatic carbocycles. The summed E-state index contributed by atoms with van der Waals surface area (Å²) < 4.78 is 0.704. The molecule has 1 aliphatic rings. The molecular formula is C17H19IN2O. The molecule has 0 aliphatic heterocycles. The Kier molecular flexibility index (Phi) is 3.67. The number of nitrogens with zero attached hydrogens (tertiary/aromatic N) is 1. The Labute approximate surface area is 138 Å². The Bertz CT molecular complexity index is 743. The van der Waals surface area contributed by atoms with E-state index in [0.29, 0.717) is 3.57 Å². The van der Waals surface area contributed by atoms with E-state index in [2.05, 4.69) is 72.6 Å². The number of halogens is 1. The highest BCUT2D eigenvalue weighted by Gasteiger charge is 2.28. The zero-order valence-electron chi connectivity index (χ0n) is 12.5. The number of hydrogen-bond acceptors (Lipinski definition) is 2. The maximum atomic E-state index is 12.3. The first-order valence-electron chi connectivity index (χ1n) is 7.26. The van der Waals surface area contributed by atoms with Crippen LogP contribution in [-0.4, -0.2) is 9.97 Å². The van der Waals surface area contributed by atoms with Crippen LogP contribution in [0.5, 0.6) is 0 Å². The van der Waals surface area contributed by atoms with E-state index in [9.17, 15) is 4.79 Å². The predicted octanol–water partition coefficient (Wildman–Crippen LogP) is 3.75. The highest BCUT2D eigenvalue weighted by atomic mass is 127. The minimum atomic E-state index is -0.127. The number of aryl methyl sites for hydroxylation is 1. The zero-order valence-corrected chi connectivity index (χ0v) is 14.7. The van der Waals surface area contributed by atoms with Crippen molar-refractivity contribution in [2.75, 3.05) is 0 Å². The van der Waals surface area contributed by atoms with Crippen molar-refractivity contribution in [1.29, 1.82) is 0 Å². The fourth-order valence-electron chi connectivity index (χ4n) is 2.98. The first-order valence-corrected chi connectivity index (χ1v) is 8.34. The van der Waals surface area contributed by atoms with Crippen LogP contribution in [0, 0.1) is 3.57 Å². The molecule has 0 saturated heterocycles. The first kappa shape index (κ1) is 14.8. The molecule has 1 aromatic heterocycles. The largest absolute Gasteiger partial charge is 0.309 e. The van der Waals surface area contributed by atoms with Gasteiger partial charge in [-0.25, -0.2) is 4.98 Å². The Hall–Kier alpha value is -1.17. The summed E-state index contributed by atoms with van der Waals surface area (Å²) in [6.07, 6.45) is 2.08. The van der Waals surface area contributed by atoms with Crippen molar-refractivity contribution < 1.29 is 0 Å². The topological polar surface area (TPSA) is 45.8 Å². The van der Waals surface area contributed by atoms with Crippen molar-refractivity contribution >= 4 is 22.6 Å². The van der Waals surface area contributed by atoms with Gasteiger partial charge in [0.1, 0.15) is 9.39 Å². The molecule has 1 N–H and O–H groups in total. The smallest absolute Gasteiger partial charge is 0.264 e. The monoisotopic (exact) mass is 394 g/mol. The van der Waals surface area contributed by atoms with Gasteiger partial charge < -0.3 is 4.98 Å². The van der Waals surface area contributed by atoms with Gasteiger partial charge in [0.25, 0.3) is 5.56 Å². The number of aromatic amines is 1. The molecule has 110 valence electrons. The summed E-state index contributed by atoms with van der Waals surface area (Å²) in [6, 6.07) is 8.46. The maximum absolute atomic E-state index is 12.3. The minimum Gasteiger partial charge on any atom is -0.309 e. The molecule has 0 spiro atoms. The molecule has 4 heteroatoms. The van der Waals surface area contributed by atoms with Gasteiger partial charge in [-0.15, -0.1) is 0 Å². The van der Waals surface area contributed by atoms with Crippen LogP contribution < -0.4 is 5.56 Å². The molecule has 0 fully saturated rings. The second-order valence-electron chi connectivity index (χ2n) is 6.65. The lowest BCUT2D eigenvalue weighted by molar-refractivity contribution is 0.550. The average molecular weight is 394 g/mol. The third kappa shape index (κ3) is 2.65. The maximum Gasteiger partial charge on any atom is 0.264 e. The molecule has 21 heavy (non-hydrogen) atoms. The third-order valence-electron chi connectivity index (χ3n) is 4.05. The molecule has 2 aromatic rings. The van der Waals surface area contributed by atoms with E-state index in [4.69, 9.17) is 4.98 Å². The van der Waals surface area contributed by atoms with Crippen LogP contribution in [0.4, 0.5) is 0 Å². The summed E-state index contributed by atoms with van der Waals surface area (Å²) in [7, 11) is 0. The molecule has 0 saturated carbocycles. The van der Waals surface area contributed by atoms with Crippen LogP contribution in [0.25, 0.3) is 0 Å². The van der Waals surface area contributed by atoms with Crippen molar-refractivity contribution in [1.82, 2.24) is 9.97 Å². The highest BCUT2D eigenvalue weighted by Crippen LogP contribution is 2.36. The molecule has 0 bridgehead atoms. The van der Waals surface area contributed by atoms with Gasteiger partial charge in [0, 0.05) is 11.3 Å². The molecule has 1 aliphatic carbocycles. The Morgan fingerprint density at radius 2 is 2.00 bits per heavy atom. The molecule has 1 heterocycles. The number of rotatable bonds is 1. The van der Waals surface area contributed by atoms with Gasteiger partial charge in [0.15, 0.2) is 0 Å². The average Bonchev–Trinajstić information content (AvgIpc) is 2.84. The molecular weight excluding hydrogens is 375 g/mol. The van der Waals surface area contributed by atoms with Gasteiger partial charge >= 0.3 is 0 Å². The third-order valence-corrected chi connectivity index (χ3v) is 5.06. The van der Waals surface area contributed by atoms with Crippen LogP contribution in [0.15, 0.2) is 29.1 Å². The van der Waals surface area contributed by atoms with Gasteiger partial charge in [0.2, 0.25) is 0 Å². The van der Waals surface area contributed by atoms with Crippen LogP contribution in [0.2, 0.25) is 0 Å². The lowest BCUT2D eigenvalue weighted by Crippen LogP contribution is -2.26. The number of aromatic nitrogens is 2. The minimum absolute atomic E-state index is 0.0186. The standard InChI is InChI=1S/C17H19IN2O/c1-17(2,3)14-13(18)16(21)20-15(19-14)12-9-8-10-6-4-5-7-11(10)12/h4-7,12H,8-9H2,1-3H3,(H,19,20,21). The SMILES string of the molecule is CC(C)(C)c1nc(C2CCc3ccccc32)[nH]c(=O)c1I. The second kappa shape index (κ2) is 5.23. The van der Waals surface area contributed by atoms with Gasteiger partial charge in [-0.2, -0.15) is 0 Å². The Morgan fingerprint density at radius 3 is 2.71 bits per heavy atom. The lowest BCUT2D eigenvalue weighted by Gasteiger charge is -2.21. The van der Waals surface area contributed by atoms with E-state index < -0.39 is 0 Å². The Balaban J connectivity index is 2.13. The molecule has 0 radical (unpaired) electrons. The van der Waals surface area contributed by atoms with Gasteiger partial charge in [-0.1, -0.05) is 45.0 Å². The molecule has 1 atom stereocenters. The fraction of sp³-hybridized carbons (Fsp3) is 0.412. The quantitative estimate of drug-likeness (QED) is 0.749. The number of fused-ring (bicyclic) bond motifs is 1. The van der Waals surface area contributed by atoms with E-state index >= 15 is 0 Å². The van der Waals surface area contributed by atoms with E-state index in [1.807, 2.05) is 0 Å². The first-order chi connectivity index (χ1) is 9.88. The van der Waals surface area contributed by atoms with E-state index in [1.165, 1.54) is 11.1 Å². The normalized spacial score (nSPS) is 17.8. The lowest BCUT2D eigenvalue weighted by atomic mass is 9.91. The van der Waals surface area contributed by atoms with Crippen molar-refractivity contribution in [3.63, 3.8) is 0 Å². The number of benzene rings is 1. The van der Waals surface area contributed by atoms with E-state index in [0.717, 1.165) is 24.4 Å². The molecule has 3 rings (SSSR count). The zero-order chi connectivity index (χ0) is 15.2. The summed E-state index contributed by atoms with van der Waals surface area (Å²) in [6.45, 7) is 6.30. The number of nitrogens with one attached hydrogen (secondary N) is 1. The van der Waals surface area contributed by atoms with Crippen molar-refractivity contribution in [2.45, 2.75) is 44.9 Å². The number of hydrogen-bond donors (Lipinski definition) is 1. The summed E-state index contributed by atoms with van der Waals surface area (Å²) >= 11 is 2.10. The van der Waals surface area contributed by atoms with Crippen molar-refractivity contribution in [3.8, 4) is 0 Å². The van der Waals surface area contributed by atoms with Gasteiger partial charge in [0.05, 0.1) is 5.69 Å². The van der Waals surface area contributed by atoms with E-state index in [-0.39, 0.29) is 16.9 Å². The van der Waals surface area contributed by atoms with Crippen LogP contribution in [-0.2, 0) is 11.8 Å². The molecule has 0 amide bonds. The summed E-state index contributed by atoms with van der Waals surface area (Å²) in [4.78, 5) is 20.1. The molecule has 1 unspecified atom stereocenters. The second-order valence-corrected chi connectivity index (χ2v) is 7.73. The predicted molar refractivity (Wildman–Crippen MR) is 92.9 cm³/mol. The highest BCUT2D eigenvalue weighted by molar-refractivity contribution is 14.1. The van der Waals surface area contributed by atoms with Crippen molar-refractivity contribution in [3.05, 3.63) is 60.8 Å².